The second-order valence-corrected chi connectivity index (χ2v) is 6.36. The molecule has 0 saturated carbocycles. The van der Waals surface area contributed by atoms with E-state index >= 15 is 0 Å². The predicted molar refractivity (Wildman–Crippen MR) is 84.1 cm³/mol. The molecule has 0 bridgehead atoms. The van der Waals surface area contributed by atoms with Crippen LogP contribution in [0.5, 0.6) is 11.5 Å². The van der Waals surface area contributed by atoms with E-state index in [1.807, 2.05) is 31.2 Å². The Morgan fingerprint density at radius 2 is 2.15 bits per heavy atom. The van der Waals surface area contributed by atoms with Gasteiger partial charge in [-0.1, -0.05) is 17.7 Å². The van der Waals surface area contributed by atoms with Crippen molar-refractivity contribution >= 4 is 22.9 Å². The molecule has 0 amide bonds. The number of phenols is 1. The molecule has 0 aliphatic carbocycles. The molecule has 2 aromatic rings. The van der Waals surface area contributed by atoms with Gasteiger partial charge < -0.3 is 15.2 Å². The van der Waals surface area contributed by atoms with Gasteiger partial charge in [-0.05, 0) is 31.5 Å². The average Bonchev–Trinajstić information content (AvgIpc) is 2.84. The van der Waals surface area contributed by atoms with Crippen LogP contribution >= 0.6 is 22.9 Å². The van der Waals surface area contributed by atoms with E-state index in [4.69, 9.17) is 16.3 Å². The van der Waals surface area contributed by atoms with Crippen LogP contribution in [-0.2, 0) is 6.42 Å². The number of thiophene rings is 1. The maximum absolute atomic E-state index is 9.98. The molecule has 108 valence electrons. The van der Waals surface area contributed by atoms with Gasteiger partial charge in [0.2, 0.25) is 0 Å². The number of hydrogen-bond acceptors (Lipinski definition) is 4. The zero-order valence-corrected chi connectivity index (χ0v) is 13.1. The highest BCUT2D eigenvalue weighted by Gasteiger charge is 2.10. The summed E-state index contributed by atoms with van der Waals surface area (Å²) >= 11 is 7.50. The van der Waals surface area contributed by atoms with E-state index in [0.717, 1.165) is 22.9 Å². The molecule has 0 radical (unpaired) electrons. The molecule has 0 fully saturated rings. The lowest BCUT2D eigenvalue weighted by Crippen LogP contribution is -2.21. The lowest BCUT2D eigenvalue weighted by molar-refractivity contribution is 0.404. The Morgan fingerprint density at radius 3 is 2.75 bits per heavy atom. The van der Waals surface area contributed by atoms with Gasteiger partial charge in [-0.3, -0.25) is 0 Å². The Hall–Kier alpha value is -1.23. The van der Waals surface area contributed by atoms with Crippen LogP contribution in [0.4, 0.5) is 0 Å². The SMILES string of the molecule is COc1ccc(C(C)NCCc2ccc(Cl)s2)c(O)c1. The molecule has 0 saturated heterocycles. The van der Waals surface area contributed by atoms with Crippen LogP contribution in [-0.4, -0.2) is 18.8 Å². The van der Waals surface area contributed by atoms with Crippen molar-refractivity contribution in [3.8, 4) is 11.5 Å². The van der Waals surface area contributed by atoms with Crippen LogP contribution in [0.25, 0.3) is 0 Å². The summed E-state index contributed by atoms with van der Waals surface area (Å²) in [4.78, 5) is 1.26. The largest absolute Gasteiger partial charge is 0.507 e. The van der Waals surface area contributed by atoms with E-state index in [-0.39, 0.29) is 11.8 Å². The molecule has 1 heterocycles. The summed E-state index contributed by atoms with van der Waals surface area (Å²) < 4.78 is 5.90. The summed E-state index contributed by atoms with van der Waals surface area (Å²) in [6.45, 7) is 2.87. The third kappa shape index (κ3) is 3.88. The Labute approximate surface area is 128 Å². The molecule has 1 aromatic heterocycles. The number of ether oxygens (including phenoxy) is 1. The fourth-order valence-electron chi connectivity index (χ4n) is 2.02. The molecular weight excluding hydrogens is 294 g/mol. The van der Waals surface area contributed by atoms with Gasteiger partial charge in [-0.2, -0.15) is 0 Å². The van der Waals surface area contributed by atoms with Crippen molar-refractivity contribution in [2.45, 2.75) is 19.4 Å². The molecule has 2 N–H and O–H groups in total. The highest BCUT2D eigenvalue weighted by atomic mass is 35.5. The van der Waals surface area contributed by atoms with E-state index < -0.39 is 0 Å². The first kappa shape index (κ1) is 15.2. The van der Waals surface area contributed by atoms with Crippen molar-refractivity contribution in [2.75, 3.05) is 13.7 Å². The van der Waals surface area contributed by atoms with Gasteiger partial charge in [0.1, 0.15) is 11.5 Å². The van der Waals surface area contributed by atoms with E-state index in [2.05, 4.69) is 5.32 Å². The minimum absolute atomic E-state index is 0.0799. The van der Waals surface area contributed by atoms with Gasteiger partial charge in [0.05, 0.1) is 11.4 Å². The van der Waals surface area contributed by atoms with E-state index in [9.17, 15) is 5.11 Å². The Balaban J connectivity index is 1.89. The first-order valence-electron chi connectivity index (χ1n) is 6.44. The summed E-state index contributed by atoms with van der Waals surface area (Å²) in [5.41, 5.74) is 0.870. The van der Waals surface area contributed by atoms with Crippen LogP contribution in [0.2, 0.25) is 4.34 Å². The van der Waals surface area contributed by atoms with Crippen LogP contribution < -0.4 is 10.1 Å². The van der Waals surface area contributed by atoms with Gasteiger partial charge >= 0.3 is 0 Å². The molecular formula is C15H18ClNO2S. The highest BCUT2D eigenvalue weighted by Crippen LogP contribution is 2.28. The summed E-state index contributed by atoms with van der Waals surface area (Å²) in [7, 11) is 1.59. The summed E-state index contributed by atoms with van der Waals surface area (Å²) in [6, 6.07) is 9.41. The van der Waals surface area contributed by atoms with Gasteiger partial charge in [-0.15, -0.1) is 11.3 Å². The number of hydrogen-bond donors (Lipinski definition) is 2. The van der Waals surface area contributed by atoms with Gasteiger partial charge in [0.15, 0.2) is 0 Å². The molecule has 5 heteroatoms. The smallest absolute Gasteiger partial charge is 0.124 e. The summed E-state index contributed by atoms with van der Waals surface area (Å²) in [5.74, 6) is 0.912. The molecule has 3 nitrogen and oxygen atoms in total. The molecule has 0 aliphatic rings. The van der Waals surface area contributed by atoms with Crippen molar-refractivity contribution in [1.82, 2.24) is 5.32 Å². The fourth-order valence-corrected chi connectivity index (χ4v) is 3.11. The topological polar surface area (TPSA) is 41.5 Å². The number of benzene rings is 1. The highest BCUT2D eigenvalue weighted by molar-refractivity contribution is 7.16. The van der Waals surface area contributed by atoms with Crippen molar-refractivity contribution in [1.29, 1.82) is 0 Å². The number of halogens is 1. The number of aromatic hydroxyl groups is 1. The third-order valence-corrected chi connectivity index (χ3v) is 4.45. The molecule has 1 unspecified atom stereocenters. The Bertz CT molecular complexity index is 571. The van der Waals surface area contributed by atoms with Gasteiger partial charge in [-0.25, -0.2) is 0 Å². The third-order valence-electron chi connectivity index (χ3n) is 3.15. The molecule has 20 heavy (non-hydrogen) atoms. The molecule has 1 atom stereocenters. The zero-order valence-electron chi connectivity index (χ0n) is 11.5. The zero-order chi connectivity index (χ0) is 14.5. The normalized spacial score (nSPS) is 12.3. The second kappa shape index (κ2) is 6.97. The van der Waals surface area contributed by atoms with E-state index in [1.165, 1.54) is 4.88 Å². The fraction of sp³-hybridized carbons (Fsp3) is 0.333. The molecule has 1 aromatic carbocycles. The maximum Gasteiger partial charge on any atom is 0.124 e. The van der Waals surface area contributed by atoms with Crippen molar-refractivity contribution in [2.24, 2.45) is 0 Å². The quantitative estimate of drug-likeness (QED) is 0.847. The van der Waals surface area contributed by atoms with Crippen molar-refractivity contribution < 1.29 is 9.84 Å². The first-order valence-corrected chi connectivity index (χ1v) is 7.64. The van der Waals surface area contributed by atoms with E-state index in [0.29, 0.717) is 5.75 Å². The van der Waals surface area contributed by atoms with Crippen LogP contribution in [0.1, 0.15) is 23.4 Å². The number of phenolic OH excluding ortho intramolecular Hbond substituents is 1. The van der Waals surface area contributed by atoms with Crippen LogP contribution in [0, 0.1) is 0 Å². The monoisotopic (exact) mass is 311 g/mol. The summed E-state index contributed by atoms with van der Waals surface area (Å²) in [5, 5.41) is 13.4. The molecule has 2 rings (SSSR count). The first-order chi connectivity index (χ1) is 9.60. The molecule has 0 spiro atoms. The number of methoxy groups -OCH3 is 1. The lowest BCUT2D eigenvalue weighted by atomic mass is 10.1. The second-order valence-electron chi connectivity index (χ2n) is 4.56. The number of rotatable bonds is 6. The maximum atomic E-state index is 9.98. The van der Waals surface area contributed by atoms with Crippen LogP contribution in [0.15, 0.2) is 30.3 Å². The standard InChI is InChI=1S/C15H18ClNO2S/c1-10(13-5-3-11(19-2)9-14(13)18)17-8-7-12-4-6-15(16)20-12/h3-6,9-10,17-18H,7-8H2,1-2H3. The minimum atomic E-state index is 0.0799. The van der Waals surface area contributed by atoms with Crippen LogP contribution in [0.3, 0.4) is 0 Å². The molecule has 0 aliphatic heterocycles. The van der Waals surface area contributed by atoms with Crippen molar-refractivity contribution in [3.05, 3.63) is 45.1 Å². The minimum Gasteiger partial charge on any atom is -0.507 e. The Kier molecular flexibility index (Phi) is 5.29. The van der Waals surface area contributed by atoms with Gasteiger partial charge in [0, 0.05) is 29.1 Å². The lowest BCUT2D eigenvalue weighted by Gasteiger charge is -2.16. The van der Waals surface area contributed by atoms with Gasteiger partial charge in [0.25, 0.3) is 0 Å². The predicted octanol–water partition coefficient (Wildman–Crippen LogP) is 4.01. The van der Waals surface area contributed by atoms with Crippen molar-refractivity contribution in [3.63, 3.8) is 0 Å². The Morgan fingerprint density at radius 1 is 1.35 bits per heavy atom. The number of nitrogens with one attached hydrogen (secondary N) is 1. The summed E-state index contributed by atoms with van der Waals surface area (Å²) in [6.07, 6.45) is 0.929. The van der Waals surface area contributed by atoms with E-state index in [1.54, 1.807) is 24.5 Å². The average molecular weight is 312 g/mol.